The summed E-state index contributed by atoms with van der Waals surface area (Å²) in [4.78, 5) is 48.6. The molecule has 0 bridgehead atoms. The number of carboxylic acids is 1. The van der Waals surface area contributed by atoms with Gasteiger partial charge in [0, 0.05) is 5.97 Å². The maximum atomic E-state index is 12.7. The molecule has 0 aromatic rings. The van der Waals surface area contributed by atoms with Gasteiger partial charge >= 0.3 is 41.5 Å². The first-order chi connectivity index (χ1) is 13.9. The Morgan fingerprint density at radius 2 is 1.61 bits per heavy atom. The summed E-state index contributed by atoms with van der Waals surface area (Å²) in [5.74, 6) is -5.69. The molecular formula is C18H24NNaO10S. The summed E-state index contributed by atoms with van der Waals surface area (Å²) in [5.41, 5.74) is 0. The van der Waals surface area contributed by atoms with Gasteiger partial charge in [0.2, 0.25) is 12.7 Å². The number of hydrogen-bond acceptors (Lipinski definition) is 10. The third-order valence-electron chi connectivity index (χ3n) is 6.39. The maximum absolute atomic E-state index is 12.7. The summed E-state index contributed by atoms with van der Waals surface area (Å²) in [5, 5.41) is 18.8. The molecule has 0 radical (unpaired) electrons. The first-order valence-electron chi connectivity index (χ1n) is 9.65. The Kier molecular flexibility index (Phi) is 7.85. The average molecular weight is 469 g/mol. The van der Waals surface area contributed by atoms with Gasteiger partial charge in [-0.3, -0.25) is 9.59 Å². The zero-order chi connectivity index (χ0) is 22.4. The smallest absolute Gasteiger partial charge is 0.550 e. The van der Waals surface area contributed by atoms with Gasteiger partial charge in [-0.15, -0.1) is 0 Å². The third kappa shape index (κ3) is 4.24. The minimum atomic E-state index is -3.94. The number of fused-ring (bicyclic) bond motifs is 1. The van der Waals surface area contributed by atoms with Gasteiger partial charge in [0.1, 0.15) is 11.4 Å². The van der Waals surface area contributed by atoms with Crippen LogP contribution in [0.4, 0.5) is 0 Å². The number of nitrogens with zero attached hydrogens (tertiary/aromatic N) is 1. The minimum absolute atomic E-state index is 0. The molecular weight excluding hydrogens is 445 g/mol. The number of ether oxygens (including phenoxy) is 2. The molecule has 2 aliphatic heterocycles. The van der Waals surface area contributed by atoms with E-state index in [9.17, 15) is 37.8 Å². The Labute approximate surface area is 201 Å². The fraction of sp³-hybridized carbons (Fsp3) is 0.778. The molecule has 0 unspecified atom stereocenters. The van der Waals surface area contributed by atoms with E-state index in [1.54, 1.807) is 0 Å². The topological polar surface area (TPSA) is 167 Å². The average Bonchev–Trinajstić information content (AvgIpc) is 2.82. The summed E-state index contributed by atoms with van der Waals surface area (Å²) in [6.45, 7) is 1.21. The van der Waals surface area contributed by atoms with Crippen LogP contribution >= 0.6 is 0 Å². The summed E-state index contributed by atoms with van der Waals surface area (Å²) in [7, 11) is -3.94. The Morgan fingerprint density at radius 3 is 2.13 bits per heavy atom. The number of sulfone groups is 1. The normalized spacial score (nSPS) is 32.8. The van der Waals surface area contributed by atoms with Crippen molar-refractivity contribution in [3.63, 3.8) is 0 Å². The van der Waals surface area contributed by atoms with E-state index in [0.717, 1.165) is 4.90 Å². The number of hydrogen-bond donors (Lipinski definition) is 1. The molecule has 11 nitrogen and oxygen atoms in total. The fourth-order valence-corrected chi connectivity index (χ4v) is 6.77. The van der Waals surface area contributed by atoms with Crippen molar-refractivity contribution in [3.8, 4) is 0 Å². The molecule has 1 N–H and O–H groups in total. The Bertz CT molecular complexity index is 865. The Morgan fingerprint density at radius 1 is 1.10 bits per heavy atom. The van der Waals surface area contributed by atoms with E-state index in [1.807, 2.05) is 0 Å². The van der Waals surface area contributed by atoms with Crippen molar-refractivity contribution in [2.75, 3.05) is 13.4 Å². The van der Waals surface area contributed by atoms with E-state index in [4.69, 9.17) is 9.47 Å². The van der Waals surface area contributed by atoms with Crippen LogP contribution in [0.3, 0.4) is 0 Å². The number of carbonyl (C=O) groups is 4. The molecule has 1 amide bonds. The Hall–Kier alpha value is -1.21. The van der Waals surface area contributed by atoms with E-state index < -0.39 is 81.0 Å². The second-order valence-electron chi connectivity index (χ2n) is 8.39. The van der Waals surface area contributed by atoms with Crippen LogP contribution in [0, 0.1) is 17.8 Å². The minimum Gasteiger partial charge on any atom is -0.550 e. The summed E-state index contributed by atoms with van der Waals surface area (Å²) in [6, 6.07) is -1.42. The number of aliphatic hydroxyl groups excluding tert-OH is 1. The van der Waals surface area contributed by atoms with Gasteiger partial charge in [-0.25, -0.2) is 13.2 Å². The van der Waals surface area contributed by atoms with Crippen LogP contribution in [-0.2, 0) is 38.5 Å². The fourth-order valence-electron chi connectivity index (χ4n) is 4.47. The molecule has 2 saturated heterocycles. The molecule has 3 fully saturated rings. The largest absolute Gasteiger partial charge is 1.00 e. The van der Waals surface area contributed by atoms with Crippen LogP contribution in [0.25, 0.3) is 0 Å². The third-order valence-corrected chi connectivity index (χ3v) is 9.28. The van der Waals surface area contributed by atoms with E-state index in [2.05, 4.69) is 0 Å². The summed E-state index contributed by atoms with van der Waals surface area (Å²) >= 11 is 0. The maximum Gasteiger partial charge on any atom is 1.00 e. The van der Waals surface area contributed by atoms with Gasteiger partial charge in [-0.05, 0) is 45.4 Å². The van der Waals surface area contributed by atoms with Crippen LogP contribution in [0.15, 0.2) is 0 Å². The molecule has 3 rings (SSSR count). The predicted molar refractivity (Wildman–Crippen MR) is 95.5 cm³/mol. The van der Waals surface area contributed by atoms with Crippen LogP contribution in [0.1, 0.15) is 39.5 Å². The summed E-state index contributed by atoms with van der Waals surface area (Å²) < 4.78 is 33.7. The van der Waals surface area contributed by atoms with Gasteiger partial charge in [-0.2, -0.15) is 0 Å². The second kappa shape index (κ2) is 9.34. The van der Waals surface area contributed by atoms with Crippen molar-refractivity contribution in [1.82, 2.24) is 4.90 Å². The molecule has 0 aromatic heterocycles. The molecule has 13 heteroatoms. The van der Waals surface area contributed by atoms with Crippen molar-refractivity contribution in [2.24, 2.45) is 17.8 Å². The van der Waals surface area contributed by atoms with E-state index in [0.29, 0.717) is 25.7 Å². The van der Waals surface area contributed by atoms with Crippen molar-refractivity contribution < 1.29 is 76.8 Å². The standard InChI is InChI=1S/C18H25NO10S.Na/c1-18(2)12(19-13(21)11(7-20)14(19)30(18,26)27)17(25)29-8-28-16(24)10-5-3-9(4-6-10)15(22)23;/h9-12,14,20H,3-8H2,1-2H3,(H,22,23);/q;+1/p-1/t9?,10?,11-,12+,14-;/m1./s1. The van der Waals surface area contributed by atoms with Crippen molar-refractivity contribution >= 4 is 33.7 Å². The number of carbonyl (C=O) groups excluding carboxylic acids is 4. The first kappa shape index (κ1) is 26.0. The number of aliphatic hydroxyl groups is 1. The monoisotopic (exact) mass is 469 g/mol. The second-order valence-corrected chi connectivity index (χ2v) is 11.0. The molecule has 1 saturated carbocycles. The van der Waals surface area contributed by atoms with E-state index in [-0.39, 0.29) is 29.6 Å². The van der Waals surface area contributed by atoms with Crippen molar-refractivity contribution in [2.45, 2.75) is 55.7 Å². The molecule has 0 spiro atoms. The van der Waals surface area contributed by atoms with Gasteiger partial charge in [0.25, 0.3) is 0 Å². The number of esters is 2. The van der Waals surface area contributed by atoms with Crippen LogP contribution in [0.2, 0.25) is 0 Å². The van der Waals surface area contributed by atoms with Gasteiger partial charge in [0.15, 0.2) is 9.84 Å². The molecule has 2 heterocycles. The SMILES string of the molecule is CC1(C)[C@H](C(=O)OCOC(=O)C2CCC(C(=O)[O-])CC2)N2C(=O)[C@@H](CO)[C@H]2S1(=O)=O.[Na+]. The molecule has 1 aliphatic carbocycles. The molecule has 0 aromatic carbocycles. The van der Waals surface area contributed by atoms with Gasteiger partial charge in [0.05, 0.1) is 23.2 Å². The number of amides is 1. The van der Waals surface area contributed by atoms with E-state index in [1.165, 1.54) is 13.8 Å². The zero-order valence-electron chi connectivity index (χ0n) is 17.6. The first-order valence-corrected chi connectivity index (χ1v) is 11.2. The van der Waals surface area contributed by atoms with Crippen LogP contribution in [-0.4, -0.2) is 71.8 Å². The predicted octanol–water partition coefficient (Wildman–Crippen LogP) is -5.06. The van der Waals surface area contributed by atoms with Crippen molar-refractivity contribution in [3.05, 3.63) is 0 Å². The van der Waals surface area contributed by atoms with Crippen molar-refractivity contribution in [1.29, 1.82) is 0 Å². The summed E-state index contributed by atoms with van der Waals surface area (Å²) in [6.07, 6.45) is 1.21. The molecule has 31 heavy (non-hydrogen) atoms. The van der Waals surface area contributed by atoms with E-state index >= 15 is 0 Å². The number of rotatable bonds is 6. The number of β-lactam (4-membered cyclic amide) rings is 1. The number of aliphatic carboxylic acids is 1. The van der Waals surface area contributed by atoms with Crippen LogP contribution < -0.4 is 34.7 Å². The molecule has 168 valence electrons. The van der Waals surface area contributed by atoms with Gasteiger partial charge in [-0.1, -0.05) is 0 Å². The number of carboxylic acid groups (broad SMARTS) is 1. The Balaban J connectivity index is 0.00000341. The quantitative estimate of drug-likeness (QED) is 0.172. The molecule has 3 atom stereocenters. The van der Waals surface area contributed by atoms with Gasteiger partial charge < -0.3 is 29.4 Å². The molecule has 3 aliphatic rings. The zero-order valence-corrected chi connectivity index (χ0v) is 20.4. The van der Waals surface area contributed by atoms with Crippen LogP contribution in [0.5, 0.6) is 0 Å².